The van der Waals surface area contributed by atoms with Crippen LogP contribution in [0.3, 0.4) is 0 Å². The Hall–Kier alpha value is -3.33. The van der Waals surface area contributed by atoms with Gasteiger partial charge in [0.1, 0.15) is 17.4 Å². The zero-order chi connectivity index (χ0) is 18.8. The summed E-state index contributed by atoms with van der Waals surface area (Å²) in [6, 6.07) is 25.3. The van der Waals surface area contributed by atoms with E-state index in [1.165, 1.54) is 6.07 Å². The molecule has 3 heteroatoms. The van der Waals surface area contributed by atoms with Crippen LogP contribution in [-0.2, 0) is 0 Å². The predicted octanol–water partition coefficient (Wildman–Crippen LogP) is 5.91. The van der Waals surface area contributed by atoms with Crippen LogP contribution < -0.4 is 10.4 Å². The summed E-state index contributed by atoms with van der Waals surface area (Å²) in [6.45, 7) is 3.99. The molecule has 0 aliphatic heterocycles. The number of hydrogen-bond donors (Lipinski definition) is 0. The Morgan fingerprint density at radius 2 is 1.56 bits per heavy atom. The number of rotatable bonds is 4. The van der Waals surface area contributed by atoms with E-state index in [4.69, 9.17) is 9.15 Å². The van der Waals surface area contributed by atoms with Crippen molar-refractivity contribution in [1.29, 1.82) is 0 Å². The van der Waals surface area contributed by atoms with E-state index in [9.17, 15) is 4.79 Å². The number of benzene rings is 3. The first-order valence-electron chi connectivity index (χ1n) is 8.97. The number of ether oxygens (including phenoxy) is 1. The third kappa shape index (κ3) is 3.49. The van der Waals surface area contributed by atoms with E-state index in [0.29, 0.717) is 11.3 Å². The van der Waals surface area contributed by atoms with Crippen LogP contribution >= 0.6 is 0 Å². The number of aryl methyl sites for hydroxylation is 1. The van der Waals surface area contributed by atoms with Crippen molar-refractivity contribution in [3.63, 3.8) is 0 Å². The van der Waals surface area contributed by atoms with Crippen LogP contribution in [0, 0.1) is 6.92 Å². The molecule has 0 fully saturated rings. The minimum atomic E-state index is -0.367. The maximum absolute atomic E-state index is 12.1. The lowest BCUT2D eigenvalue weighted by Gasteiger charge is -2.18. The van der Waals surface area contributed by atoms with E-state index in [0.717, 1.165) is 27.6 Å². The first-order valence-corrected chi connectivity index (χ1v) is 8.97. The third-order valence-electron chi connectivity index (χ3n) is 4.61. The molecular weight excluding hydrogens is 336 g/mol. The lowest BCUT2D eigenvalue weighted by molar-refractivity contribution is 0.229. The Morgan fingerprint density at radius 1 is 0.889 bits per heavy atom. The molecule has 0 unspecified atom stereocenters. The van der Waals surface area contributed by atoms with Crippen LogP contribution in [0.15, 0.2) is 88.1 Å². The van der Waals surface area contributed by atoms with Gasteiger partial charge in [0.15, 0.2) is 0 Å². The summed E-state index contributed by atoms with van der Waals surface area (Å²) in [7, 11) is 0. The molecule has 0 radical (unpaired) electrons. The fourth-order valence-corrected chi connectivity index (χ4v) is 3.32. The van der Waals surface area contributed by atoms with Crippen molar-refractivity contribution in [3.05, 3.63) is 100 Å². The van der Waals surface area contributed by atoms with Crippen molar-refractivity contribution >= 4 is 11.0 Å². The molecule has 0 spiro atoms. The first kappa shape index (κ1) is 17.1. The molecule has 0 amide bonds. The van der Waals surface area contributed by atoms with Gasteiger partial charge < -0.3 is 9.15 Å². The molecule has 0 aliphatic rings. The summed E-state index contributed by atoms with van der Waals surface area (Å²) in [4.78, 5) is 12.1. The normalized spacial score (nSPS) is 12.1. The van der Waals surface area contributed by atoms with Gasteiger partial charge in [0.2, 0.25) is 0 Å². The molecule has 3 nitrogen and oxygen atoms in total. The van der Waals surface area contributed by atoms with Crippen molar-refractivity contribution in [2.24, 2.45) is 0 Å². The molecule has 0 aliphatic carbocycles. The topological polar surface area (TPSA) is 39.4 Å². The number of fused-ring (bicyclic) bond motifs is 1. The standard InChI is InChI=1S/C24H20O3/c1-16-13-21(26-17(2)18-9-5-3-6-10-18)24-20(19-11-7-4-8-12-19)15-23(25)27-22(24)14-16/h3-15,17H,1-2H3/t17-/m0/s1. The lowest BCUT2D eigenvalue weighted by atomic mass is 10.00. The smallest absolute Gasteiger partial charge is 0.336 e. The van der Waals surface area contributed by atoms with Gasteiger partial charge in [-0.05, 0) is 42.7 Å². The van der Waals surface area contributed by atoms with Crippen molar-refractivity contribution in [2.75, 3.05) is 0 Å². The van der Waals surface area contributed by atoms with Crippen LogP contribution in [0.5, 0.6) is 5.75 Å². The Bertz CT molecular complexity index is 1130. The maximum atomic E-state index is 12.1. The molecule has 0 saturated heterocycles. The lowest BCUT2D eigenvalue weighted by Crippen LogP contribution is -2.05. The quantitative estimate of drug-likeness (QED) is 0.427. The van der Waals surface area contributed by atoms with Crippen molar-refractivity contribution in [1.82, 2.24) is 0 Å². The molecule has 1 atom stereocenters. The summed E-state index contributed by atoms with van der Waals surface area (Å²) in [5, 5.41) is 0.814. The molecular formula is C24H20O3. The molecule has 0 bridgehead atoms. The highest BCUT2D eigenvalue weighted by molar-refractivity contribution is 5.98. The Balaban J connectivity index is 1.91. The van der Waals surface area contributed by atoms with Crippen molar-refractivity contribution in [2.45, 2.75) is 20.0 Å². The van der Waals surface area contributed by atoms with E-state index in [2.05, 4.69) is 0 Å². The molecule has 4 rings (SSSR count). The van der Waals surface area contributed by atoms with Gasteiger partial charge in [-0.15, -0.1) is 0 Å². The van der Waals surface area contributed by atoms with Gasteiger partial charge in [0.05, 0.1) is 5.39 Å². The SMILES string of the molecule is Cc1cc(O[C@@H](C)c2ccccc2)c2c(-c3ccccc3)cc(=O)oc2c1. The van der Waals surface area contributed by atoms with E-state index in [-0.39, 0.29) is 11.7 Å². The van der Waals surface area contributed by atoms with Crippen LogP contribution in [0.1, 0.15) is 24.2 Å². The highest BCUT2D eigenvalue weighted by Gasteiger charge is 2.16. The average Bonchev–Trinajstić information content (AvgIpc) is 2.68. The largest absolute Gasteiger partial charge is 0.485 e. The zero-order valence-corrected chi connectivity index (χ0v) is 15.3. The van der Waals surface area contributed by atoms with E-state index in [1.54, 1.807) is 0 Å². The average molecular weight is 356 g/mol. The van der Waals surface area contributed by atoms with Gasteiger partial charge in [0.25, 0.3) is 0 Å². The second-order valence-electron chi connectivity index (χ2n) is 6.65. The molecule has 4 aromatic rings. The summed E-state index contributed by atoms with van der Waals surface area (Å²) in [6.07, 6.45) is -0.133. The summed E-state index contributed by atoms with van der Waals surface area (Å²) in [5.41, 5.74) is 4.01. The summed E-state index contributed by atoms with van der Waals surface area (Å²) >= 11 is 0. The van der Waals surface area contributed by atoms with Gasteiger partial charge in [-0.1, -0.05) is 60.7 Å². The number of hydrogen-bond acceptors (Lipinski definition) is 3. The second-order valence-corrected chi connectivity index (χ2v) is 6.65. The monoisotopic (exact) mass is 356 g/mol. The van der Waals surface area contributed by atoms with Crippen LogP contribution in [-0.4, -0.2) is 0 Å². The van der Waals surface area contributed by atoms with E-state index < -0.39 is 0 Å². The van der Waals surface area contributed by atoms with Crippen LogP contribution in [0.2, 0.25) is 0 Å². The van der Waals surface area contributed by atoms with E-state index in [1.807, 2.05) is 86.6 Å². The Kier molecular flexibility index (Phi) is 4.51. The third-order valence-corrected chi connectivity index (χ3v) is 4.61. The second kappa shape index (κ2) is 7.12. The summed E-state index contributed by atoms with van der Waals surface area (Å²) < 4.78 is 11.8. The fraction of sp³-hybridized carbons (Fsp3) is 0.125. The van der Waals surface area contributed by atoms with Gasteiger partial charge in [-0.3, -0.25) is 0 Å². The fourth-order valence-electron chi connectivity index (χ4n) is 3.32. The molecule has 1 heterocycles. The molecule has 134 valence electrons. The van der Waals surface area contributed by atoms with Crippen molar-refractivity contribution < 1.29 is 9.15 Å². The van der Waals surface area contributed by atoms with E-state index >= 15 is 0 Å². The summed E-state index contributed by atoms with van der Waals surface area (Å²) in [5.74, 6) is 0.712. The van der Waals surface area contributed by atoms with Gasteiger partial charge in [0, 0.05) is 11.6 Å². The van der Waals surface area contributed by atoms with Gasteiger partial charge in [-0.2, -0.15) is 0 Å². The maximum Gasteiger partial charge on any atom is 0.336 e. The molecule has 27 heavy (non-hydrogen) atoms. The van der Waals surface area contributed by atoms with Crippen molar-refractivity contribution in [3.8, 4) is 16.9 Å². The van der Waals surface area contributed by atoms with Gasteiger partial charge >= 0.3 is 5.63 Å². The minimum Gasteiger partial charge on any atom is -0.485 e. The molecule has 0 N–H and O–H groups in total. The highest BCUT2D eigenvalue weighted by Crippen LogP contribution is 2.37. The van der Waals surface area contributed by atoms with Crippen LogP contribution in [0.25, 0.3) is 22.1 Å². The highest BCUT2D eigenvalue weighted by atomic mass is 16.5. The minimum absolute atomic E-state index is 0.133. The zero-order valence-electron chi connectivity index (χ0n) is 15.3. The first-order chi connectivity index (χ1) is 13.1. The van der Waals surface area contributed by atoms with Crippen LogP contribution in [0.4, 0.5) is 0 Å². The molecule has 0 saturated carbocycles. The Labute approximate surface area is 157 Å². The predicted molar refractivity (Wildman–Crippen MR) is 108 cm³/mol. The van der Waals surface area contributed by atoms with Gasteiger partial charge in [-0.25, -0.2) is 4.79 Å². The molecule has 3 aromatic carbocycles. The molecule has 1 aromatic heterocycles. The Morgan fingerprint density at radius 3 is 2.26 bits per heavy atom.